The first-order valence-electron chi connectivity index (χ1n) is 11.7. The van der Waals surface area contributed by atoms with E-state index in [9.17, 15) is 13.2 Å². The Kier molecular flexibility index (Phi) is 7.31. The molecule has 1 aliphatic rings. The average molecular weight is 494 g/mol. The van der Waals surface area contributed by atoms with E-state index in [4.69, 9.17) is 4.74 Å². The van der Waals surface area contributed by atoms with Crippen molar-refractivity contribution in [3.63, 3.8) is 0 Å². The molecule has 0 atom stereocenters. The Morgan fingerprint density at radius 1 is 0.886 bits per heavy atom. The van der Waals surface area contributed by atoms with Crippen molar-refractivity contribution >= 4 is 27.3 Å². The highest BCUT2D eigenvalue weighted by molar-refractivity contribution is 7.92. The number of sulfonamides is 1. The van der Waals surface area contributed by atoms with Crippen molar-refractivity contribution in [1.82, 2.24) is 4.90 Å². The molecule has 1 N–H and O–H groups in total. The van der Waals surface area contributed by atoms with Gasteiger partial charge in [-0.25, -0.2) is 8.42 Å². The third-order valence-corrected chi connectivity index (χ3v) is 7.86. The van der Waals surface area contributed by atoms with Gasteiger partial charge in [-0.15, -0.1) is 0 Å². The number of nitrogens with one attached hydrogen (secondary N) is 1. The van der Waals surface area contributed by atoms with Gasteiger partial charge in [-0.1, -0.05) is 12.1 Å². The van der Waals surface area contributed by atoms with E-state index in [0.29, 0.717) is 24.3 Å². The zero-order valence-electron chi connectivity index (χ0n) is 20.3. The normalized spacial score (nSPS) is 14.4. The lowest BCUT2D eigenvalue weighted by Gasteiger charge is -2.24. The molecule has 1 fully saturated rings. The summed E-state index contributed by atoms with van der Waals surface area (Å²) in [6.07, 6.45) is 0.851. The van der Waals surface area contributed by atoms with Gasteiger partial charge >= 0.3 is 0 Å². The Hall–Kier alpha value is -3.52. The summed E-state index contributed by atoms with van der Waals surface area (Å²) in [6, 6.07) is 19.6. The number of hydrogen-bond donors (Lipinski definition) is 1. The standard InChI is InChI=1S/C27H31N3O4S/c1-20-6-4-7-26(21(20)2)28-35(32,33)25-14-8-22(9-15-25)27(31)30-17-5-16-29(18-19-30)23-10-12-24(34-3)13-11-23/h4,6-15,28H,5,16-19H2,1-3H3. The molecule has 3 aromatic rings. The lowest BCUT2D eigenvalue weighted by Crippen LogP contribution is -2.35. The van der Waals surface area contributed by atoms with Gasteiger partial charge in [0.05, 0.1) is 17.7 Å². The van der Waals surface area contributed by atoms with E-state index < -0.39 is 10.0 Å². The van der Waals surface area contributed by atoms with Crippen LogP contribution in [0.5, 0.6) is 5.75 Å². The highest BCUT2D eigenvalue weighted by atomic mass is 32.2. The van der Waals surface area contributed by atoms with E-state index >= 15 is 0 Å². The molecule has 0 spiro atoms. The Morgan fingerprint density at radius 3 is 2.29 bits per heavy atom. The number of anilines is 2. The molecular weight excluding hydrogens is 462 g/mol. The molecule has 35 heavy (non-hydrogen) atoms. The van der Waals surface area contributed by atoms with Crippen LogP contribution in [-0.2, 0) is 10.0 Å². The zero-order chi connectivity index (χ0) is 25.0. The SMILES string of the molecule is COc1ccc(N2CCCN(C(=O)c3ccc(S(=O)(=O)Nc4cccc(C)c4C)cc3)CC2)cc1. The van der Waals surface area contributed by atoms with Crippen LogP contribution in [0.3, 0.4) is 0 Å². The molecular formula is C27H31N3O4S. The predicted octanol–water partition coefficient (Wildman–Crippen LogP) is 4.47. The molecule has 8 heteroatoms. The van der Waals surface area contributed by atoms with Crippen molar-refractivity contribution in [2.45, 2.75) is 25.2 Å². The molecule has 0 radical (unpaired) electrons. The number of carbonyl (C=O) groups is 1. The third-order valence-electron chi connectivity index (χ3n) is 6.48. The Bertz CT molecular complexity index is 1290. The second kappa shape index (κ2) is 10.4. The second-order valence-electron chi connectivity index (χ2n) is 8.71. The molecule has 7 nitrogen and oxygen atoms in total. The molecule has 1 saturated heterocycles. The van der Waals surface area contributed by atoms with Crippen LogP contribution in [0.15, 0.2) is 71.6 Å². The van der Waals surface area contributed by atoms with Gasteiger partial charge < -0.3 is 14.5 Å². The lowest BCUT2D eigenvalue weighted by molar-refractivity contribution is 0.0767. The first-order chi connectivity index (χ1) is 16.8. The van der Waals surface area contributed by atoms with Gasteiger partial charge in [0.1, 0.15) is 5.75 Å². The summed E-state index contributed by atoms with van der Waals surface area (Å²) in [7, 11) is -2.11. The van der Waals surface area contributed by atoms with Crippen LogP contribution < -0.4 is 14.4 Å². The molecule has 0 aliphatic carbocycles. The molecule has 1 aliphatic heterocycles. The quantitative estimate of drug-likeness (QED) is 0.548. The molecule has 0 aromatic heterocycles. The molecule has 184 valence electrons. The summed E-state index contributed by atoms with van der Waals surface area (Å²) in [5.74, 6) is 0.725. The van der Waals surface area contributed by atoms with Crippen molar-refractivity contribution in [2.75, 3.05) is 42.9 Å². The number of amides is 1. The number of hydrogen-bond acceptors (Lipinski definition) is 5. The number of ether oxygens (including phenoxy) is 1. The van der Waals surface area contributed by atoms with Gasteiger partial charge in [0.25, 0.3) is 15.9 Å². The summed E-state index contributed by atoms with van der Waals surface area (Å²) >= 11 is 0. The number of rotatable bonds is 6. The van der Waals surface area contributed by atoms with Crippen molar-refractivity contribution in [1.29, 1.82) is 0 Å². The van der Waals surface area contributed by atoms with Crippen molar-refractivity contribution < 1.29 is 17.9 Å². The van der Waals surface area contributed by atoms with E-state index in [1.54, 1.807) is 25.3 Å². The van der Waals surface area contributed by atoms with Crippen LogP contribution in [0, 0.1) is 13.8 Å². The molecule has 1 amide bonds. The fourth-order valence-electron chi connectivity index (χ4n) is 4.20. The summed E-state index contributed by atoms with van der Waals surface area (Å²) in [5.41, 5.74) is 4.03. The monoisotopic (exact) mass is 493 g/mol. The fraction of sp³-hybridized carbons (Fsp3) is 0.296. The maximum absolute atomic E-state index is 13.1. The number of nitrogens with zero attached hydrogens (tertiary/aromatic N) is 2. The first kappa shape index (κ1) is 24.6. The third kappa shape index (κ3) is 5.59. The molecule has 0 unspecified atom stereocenters. The smallest absolute Gasteiger partial charge is 0.261 e. The van der Waals surface area contributed by atoms with E-state index in [1.807, 2.05) is 55.1 Å². The summed E-state index contributed by atoms with van der Waals surface area (Å²) in [5, 5.41) is 0. The molecule has 3 aromatic carbocycles. The number of methoxy groups -OCH3 is 1. The van der Waals surface area contributed by atoms with Gasteiger partial charge in [0.2, 0.25) is 0 Å². The minimum atomic E-state index is -3.76. The van der Waals surface area contributed by atoms with Crippen LogP contribution in [0.2, 0.25) is 0 Å². The van der Waals surface area contributed by atoms with E-state index in [2.05, 4.69) is 9.62 Å². The molecule has 0 saturated carbocycles. The van der Waals surface area contributed by atoms with Crippen LogP contribution in [-0.4, -0.2) is 52.5 Å². The second-order valence-corrected chi connectivity index (χ2v) is 10.4. The van der Waals surface area contributed by atoms with Crippen LogP contribution >= 0.6 is 0 Å². The van der Waals surface area contributed by atoms with Gasteiger partial charge in [-0.3, -0.25) is 9.52 Å². The van der Waals surface area contributed by atoms with Crippen molar-refractivity contribution in [3.05, 3.63) is 83.4 Å². The Morgan fingerprint density at radius 2 is 1.60 bits per heavy atom. The Labute approximate surface area is 207 Å². The van der Waals surface area contributed by atoms with E-state index in [0.717, 1.165) is 42.1 Å². The summed E-state index contributed by atoms with van der Waals surface area (Å²) in [4.78, 5) is 17.4. The highest BCUT2D eigenvalue weighted by Crippen LogP contribution is 2.23. The van der Waals surface area contributed by atoms with Gasteiger partial charge in [-0.2, -0.15) is 0 Å². The van der Waals surface area contributed by atoms with Crippen LogP contribution in [0.4, 0.5) is 11.4 Å². The van der Waals surface area contributed by atoms with Gasteiger partial charge in [0, 0.05) is 37.4 Å². The topological polar surface area (TPSA) is 79.0 Å². The predicted molar refractivity (Wildman–Crippen MR) is 139 cm³/mol. The van der Waals surface area contributed by atoms with Gasteiger partial charge in [0.15, 0.2) is 0 Å². The minimum absolute atomic E-state index is 0.0898. The lowest BCUT2D eigenvalue weighted by atomic mass is 10.1. The number of benzene rings is 3. The summed E-state index contributed by atoms with van der Waals surface area (Å²) in [6.45, 7) is 6.65. The first-order valence-corrected chi connectivity index (χ1v) is 13.1. The summed E-state index contributed by atoms with van der Waals surface area (Å²) < 4.78 is 33.7. The molecule has 4 rings (SSSR count). The van der Waals surface area contributed by atoms with E-state index in [1.165, 1.54) is 12.1 Å². The maximum Gasteiger partial charge on any atom is 0.261 e. The average Bonchev–Trinajstić information content (AvgIpc) is 3.13. The largest absolute Gasteiger partial charge is 0.497 e. The van der Waals surface area contributed by atoms with Crippen molar-refractivity contribution in [2.24, 2.45) is 0 Å². The minimum Gasteiger partial charge on any atom is -0.497 e. The Balaban J connectivity index is 1.42. The van der Waals surface area contributed by atoms with Crippen LogP contribution in [0.1, 0.15) is 27.9 Å². The van der Waals surface area contributed by atoms with E-state index in [-0.39, 0.29) is 10.8 Å². The number of carbonyl (C=O) groups excluding carboxylic acids is 1. The van der Waals surface area contributed by atoms with Crippen molar-refractivity contribution in [3.8, 4) is 5.75 Å². The molecule has 1 heterocycles. The molecule has 0 bridgehead atoms. The maximum atomic E-state index is 13.1. The van der Waals surface area contributed by atoms with Crippen LogP contribution in [0.25, 0.3) is 0 Å². The van der Waals surface area contributed by atoms with Gasteiger partial charge in [-0.05, 0) is 86.0 Å². The highest BCUT2D eigenvalue weighted by Gasteiger charge is 2.22. The number of aryl methyl sites for hydroxylation is 1. The zero-order valence-corrected chi connectivity index (χ0v) is 21.1. The fourth-order valence-corrected chi connectivity index (χ4v) is 5.32.